The molecule has 1 saturated heterocycles. The van der Waals surface area contributed by atoms with Crippen molar-refractivity contribution >= 4 is 11.2 Å². The summed E-state index contributed by atoms with van der Waals surface area (Å²) in [6.07, 6.45) is 2.95. The van der Waals surface area contributed by atoms with E-state index in [4.69, 9.17) is 0 Å². The molecule has 0 unspecified atom stereocenters. The van der Waals surface area contributed by atoms with Gasteiger partial charge in [-0.05, 0) is 6.42 Å². The van der Waals surface area contributed by atoms with Gasteiger partial charge in [-0.2, -0.15) is 0 Å². The normalized spacial score (nSPS) is 25.7. The quantitative estimate of drug-likeness (QED) is 0.770. The van der Waals surface area contributed by atoms with Crippen LogP contribution >= 0.6 is 0 Å². The number of piperidine rings is 1. The van der Waals surface area contributed by atoms with Crippen molar-refractivity contribution in [1.29, 1.82) is 0 Å². The fourth-order valence-corrected chi connectivity index (χ4v) is 3.81. The van der Waals surface area contributed by atoms with Crippen LogP contribution in [0, 0.1) is 11.8 Å². The van der Waals surface area contributed by atoms with E-state index in [1.165, 1.54) is 22.9 Å². The van der Waals surface area contributed by atoms with E-state index in [1.807, 2.05) is 4.57 Å². The third kappa shape index (κ3) is 2.39. The molecule has 0 spiro atoms. The van der Waals surface area contributed by atoms with E-state index in [9.17, 15) is 9.59 Å². The van der Waals surface area contributed by atoms with Crippen LogP contribution < -0.4 is 16.1 Å². The molecule has 2 aromatic heterocycles. The monoisotopic (exact) mass is 306 g/mol. The predicted octanol–water partition coefficient (Wildman–Crippen LogP) is -1.05. The number of nitrogens with one attached hydrogen (secondary N) is 1. The van der Waals surface area contributed by atoms with Crippen molar-refractivity contribution < 1.29 is 4.90 Å². The van der Waals surface area contributed by atoms with E-state index in [1.54, 1.807) is 13.4 Å². The molecule has 0 aromatic carbocycles. The van der Waals surface area contributed by atoms with Gasteiger partial charge in [-0.25, -0.2) is 9.78 Å². The Bertz CT molecular complexity index is 806. The third-order valence-corrected chi connectivity index (χ3v) is 4.69. The fourth-order valence-electron chi connectivity index (χ4n) is 3.81. The molecule has 3 heterocycles. The smallest absolute Gasteiger partial charge is 0.317 e. The Kier molecular flexibility index (Phi) is 3.68. The zero-order valence-electron chi connectivity index (χ0n) is 13.7. The number of aryl methyl sites for hydroxylation is 1. The van der Waals surface area contributed by atoms with E-state index in [2.05, 4.69) is 18.8 Å². The summed E-state index contributed by atoms with van der Waals surface area (Å²) in [6, 6.07) is 0. The zero-order valence-corrected chi connectivity index (χ0v) is 13.7. The van der Waals surface area contributed by atoms with Crippen LogP contribution in [0.4, 0.5) is 0 Å². The summed E-state index contributed by atoms with van der Waals surface area (Å²) in [7, 11) is 3.17. The van der Waals surface area contributed by atoms with E-state index in [0.29, 0.717) is 23.0 Å². The summed E-state index contributed by atoms with van der Waals surface area (Å²) in [5.74, 6) is 1.39. The summed E-state index contributed by atoms with van der Waals surface area (Å²) < 4.78 is 4.48. The molecule has 0 bridgehead atoms. The molecular weight excluding hydrogens is 282 g/mol. The molecule has 2 aromatic rings. The number of fused-ring (bicyclic) bond motifs is 1. The Hall–Kier alpha value is -1.89. The molecule has 1 N–H and O–H groups in total. The van der Waals surface area contributed by atoms with Gasteiger partial charge < -0.3 is 4.90 Å². The summed E-state index contributed by atoms with van der Waals surface area (Å²) in [6.45, 7) is 7.50. The summed E-state index contributed by atoms with van der Waals surface area (Å²) in [4.78, 5) is 30.1. The lowest BCUT2D eigenvalue weighted by Crippen LogP contribution is -3.13. The Morgan fingerprint density at radius 2 is 1.82 bits per heavy atom. The van der Waals surface area contributed by atoms with Crippen LogP contribution in [0.2, 0.25) is 0 Å². The fraction of sp³-hybridized carbons (Fsp3) is 0.667. The van der Waals surface area contributed by atoms with Gasteiger partial charge in [0.15, 0.2) is 17.8 Å². The highest BCUT2D eigenvalue weighted by molar-refractivity contribution is 5.69. The average molecular weight is 306 g/mol. The highest BCUT2D eigenvalue weighted by Crippen LogP contribution is 2.12. The van der Waals surface area contributed by atoms with Gasteiger partial charge in [-0.15, -0.1) is 0 Å². The summed E-state index contributed by atoms with van der Waals surface area (Å²) >= 11 is 0. The van der Waals surface area contributed by atoms with Crippen molar-refractivity contribution in [3.05, 3.63) is 27.2 Å². The summed E-state index contributed by atoms with van der Waals surface area (Å²) in [5.41, 5.74) is 0.372. The van der Waals surface area contributed by atoms with Crippen LogP contribution in [-0.4, -0.2) is 31.8 Å². The number of nitrogens with zero attached hydrogens (tertiary/aromatic N) is 4. The molecule has 7 heteroatoms. The number of hydrogen-bond donors (Lipinski definition) is 1. The highest BCUT2D eigenvalue weighted by Gasteiger charge is 2.26. The Labute approximate surface area is 128 Å². The van der Waals surface area contributed by atoms with Crippen molar-refractivity contribution in [1.82, 2.24) is 18.7 Å². The van der Waals surface area contributed by atoms with Crippen molar-refractivity contribution in [3.63, 3.8) is 0 Å². The number of quaternary nitrogens is 1. The molecule has 1 fully saturated rings. The zero-order chi connectivity index (χ0) is 16.0. The van der Waals surface area contributed by atoms with Crippen molar-refractivity contribution in [2.45, 2.75) is 26.9 Å². The lowest BCUT2D eigenvalue weighted by atomic mass is 9.92. The van der Waals surface area contributed by atoms with Crippen LogP contribution in [0.15, 0.2) is 15.9 Å². The number of aromatic nitrogens is 4. The number of imidazole rings is 1. The van der Waals surface area contributed by atoms with Gasteiger partial charge in [0.2, 0.25) is 0 Å². The van der Waals surface area contributed by atoms with E-state index in [0.717, 1.165) is 24.3 Å². The van der Waals surface area contributed by atoms with Crippen LogP contribution in [0.3, 0.4) is 0 Å². The summed E-state index contributed by atoms with van der Waals surface area (Å²) in [5, 5.41) is 0. The van der Waals surface area contributed by atoms with Crippen molar-refractivity contribution in [2.75, 3.05) is 13.1 Å². The Balaban J connectivity index is 2.02. The highest BCUT2D eigenvalue weighted by atomic mass is 16.2. The van der Waals surface area contributed by atoms with E-state index in [-0.39, 0.29) is 11.2 Å². The maximum atomic E-state index is 12.4. The van der Waals surface area contributed by atoms with Gasteiger partial charge in [-0.1, -0.05) is 13.8 Å². The number of hydrogen-bond acceptors (Lipinski definition) is 3. The SMILES string of the molecule is C[C@@H]1C[C@@H](C)C[NH+](Cn2cnc3c2c(=O)n(C)c(=O)n3C)C1. The molecule has 0 aliphatic carbocycles. The second kappa shape index (κ2) is 5.39. The van der Waals surface area contributed by atoms with Crippen LogP contribution in [0.5, 0.6) is 0 Å². The first-order valence-electron chi connectivity index (χ1n) is 7.83. The van der Waals surface area contributed by atoms with Gasteiger partial charge in [0.1, 0.15) is 6.33 Å². The Morgan fingerprint density at radius 1 is 1.18 bits per heavy atom. The minimum absolute atomic E-state index is 0.270. The molecular formula is C15H24N5O2+. The maximum absolute atomic E-state index is 12.4. The van der Waals surface area contributed by atoms with Crippen LogP contribution in [0.1, 0.15) is 20.3 Å². The first-order valence-corrected chi connectivity index (χ1v) is 7.83. The molecule has 22 heavy (non-hydrogen) atoms. The first-order chi connectivity index (χ1) is 10.4. The van der Waals surface area contributed by atoms with Gasteiger partial charge in [-0.3, -0.25) is 18.5 Å². The second-order valence-corrected chi connectivity index (χ2v) is 6.85. The number of likely N-dealkylation sites (tertiary alicyclic amines) is 1. The molecule has 0 radical (unpaired) electrons. The topological polar surface area (TPSA) is 66.3 Å². The van der Waals surface area contributed by atoms with Crippen molar-refractivity contribution in [3.8, 4) is 0 Å². The second-order valence-electron chi connectivity index (χ2n) is 6.85. The lowest BCUT2D eigenvalue weighted by molar-refractivity contribution is -0.934. The number of rotatable bonds is 2. The first kappa shape index (κ1) is 15.0. The molecule has 1 aliphatic heterocycles. The molecule has 2 atom stereocenters. The lowest BCUT2D eigenvalue weighted by Gasteiger charge is -2.32. The van der Waals surface area contributed by atoms with E-state index >= 15 is 0 Å². The molecule has 0 saturated carbocycles. The van der Waals surface area contributed by atoms with Gasteiger partial charge in [0.25, 0.3) is 5.56 Å². The van der Waals surface area contributed by atoms with Gasteiger partial charge in [0.05, 0.1) is 13.1 Å². The van der Waals surface area contributed by atoms with Gasteiger partial charge >= 0.3 is 5.69 Å². The molecule has 0 amide bonds. The minimum Gasteiger partial charge on any atom is -0.317 e. The average Bonchev–Trinajstić information content (AvgIpc) is 2.85. The minimum atomic E-state index is -0.338. The van der Waals surface area contributed by atoms with Crippen LogP contribution in [-0.2, 0) is 20.8 Å². The van der Waals surface area contributed by atoms with Crippen LogP contribution in [0.25, 0.3) is 11.2 Å². The Morgan fingerprint density at radius 3 is 2.45 bits per heavy atom. The largest absolute Gasteiger partial charge is 0.332 e. The maximum Gasteiger partial charge on any atom is 0.332 e. The van der Waals surface area contributed by atoms with E-state index < -0.39 is 0 Å². The molecule has 7 nitrogen and oxygen atoms in total. The van der Waals surface area contributed by atoms with Gasteiger partial charge in [0, 0.05) is 25.9 Å². The molecule has 3 rings (SSSR count). The third-order valence-electron chi connectivity index (χ3n) is 4.69. The predicted molar refractivity (Wildman–Crippen MR) is 83.9 cm³/mol. The van der Waals surface area contributed by atoms with Crippen molar-refractivity contribution in [2.24, 2.45) is 25.9 Å². The molecule has 1 aliphatic rings. The standard InChI is InChI=1S/C15H23N5O2/c1-10-5-11(2)7-19(6-10)9-20-8-16-13-12(20)14(21)18(4)15(22)17(13)3/h8,10-11H,5-7,9H2,1-4H3/p+1/t10-,11-/m1/s1. The molecule has 120 valence electrons.